The molecule has 3 aromatic heterocycles. The summed E-state index contributed by atoms with van der Waals surface area (Å²) in [4.78, 5) is 15.3. The molecule has 0 spiro atoms. The molecule has 49 heavy (non-hydrogen) atoms. The number of para-hydroxylation sites is 1. The third-order valence-electron chi connectivity index (χ3n) is 11.1. The second kappa shape index (κ2) is 9.83. The summed E-state index contributed by atoms with van der Waals surface area (Å²) in [5.74, 6) is 0. The molecule has 0 saturated heterocycles. The van der Waals surface area contributed by atoms with Gasteiger partial charge in [0.2, 0.25) is 0 Å². The van der Waals surface area contributed by atoms with Gasteiger partial charge in [-0.3, -0.25) is 9.38 Å². The lowest BCUT2D eigenvalue weighted by Gasteiger charge is -2.22. The standard InChI is InChI=1S/C45H34N4/c1-44(2)35-16-7-5-13-30(35)32-20-18-28(23-37(32)44)39-26-49-40(34-15-9-11-27-12-10-22-46-41(27)34)25-47-43(49)42(48-39)29-19-21-33-31-14-6-8-17-36(31)45(3,4)38(33)24-29/h5-26H,1-4H3. The van der Waals surface area contributed by atoms with E-state index in [9.17, 15) is 0 Å². The summed E-state index contributed by atoms with van der Waals surface area (Å²) in [7, 11) is 0. The molecule has 0 saturated carbocycles. The van der Waals surface area contributed by atoms with Crippen molar-refractivity contribution in [1.29, 1.82) is 0 Å². The van der Waals surface area contributed by atoms with Crippen molar-refractivity contribution in [3.63, 3.8) is 0 Å². The first-order valence-electron chi connectivity index (χ1n) is 17.0. The Morgan fingerprint density at radius 2 is 1.12 bits per heavy atom. The minimum absolute atomic E-state index is 0.107. The number of fused-ring (bicyclic) bond motifs is 8. The maximum atomic E-state index is 5.46. The van der Waals surface area contributed by atoms with E-state index in [1.165, 1.54) is 44.5 Å². The molecule has 2 aliphatic rings. The van der Waals surface area contributed by atoms with Crippen LogP contribution in [0.25, 0.3) is 72.6 Å². The fourth-order valence-electron chi connectivity index (χ4n) is 8.55. The summed E-state index contributed by atoms with van der Waals surface area (Å²) in [5.41, 5.74) is 18.1. The van der Waals surface area contributed by atoms with Crippen molar-refractivity contribution in [3.8, 4) is 56.0 Å². The number of rotatable bonds is 3. The molecule has 4 nitrogen and oxygen atoms in total. The number of nitrogens with zero attached hydrogens (tertiary/aromatic N) is 4. The average molecular weight is 631 g/mol. The average Bonchev–Trinajstić information content (AvgIpc) is 3.74. The van der Waals surface area contributed by atoms with Crippen LogP contribution in [0.3, 0.4) is 0 Å². The molecule has 0 atom stereocenters. The van der Waals surface area contributed by atoms with Gasteiger partial charge in [-0.15, -0.1) is 0 Å². The lowest BCUT2D eigenvalue weighted by Crippen LogP contribution is -2.15. The Hall–Kier alpha value is -5.87. The molecule has 234 valence electrons. The molecular formula is C45H34N4. The molecule has 3 heterocycles. The van der Waals surface area contributed by atoms with E-state index in [-0.39, 0.29) is 10.8 Å². The van der Waals surface area contributed by atoms with Crippen molar-refractivity contribution in [3.05, 3.63) is 156 Å². The van der Waals surface area contributed by atoms with E-state index < -0.39 is 0 Å². The smallest absolute Gasteiger partial charge is 0.164 e. The van der Waals surface area contributed by atoms with Crippen LogP contribution in [0, 0.1) is 0 Å². The van der Waals surface area contributed by atoms with E-state index in [0.717, 1.165) is 50.3 Å². The normalized spacial score (nSPS) is 14.9. The lowest BCUT2D eigenvalue weighted by molar-refractivity contribution is 0.660. The topological polar surface area (TPSA) is 43.1 Å². The highest BCUT2D eigenvalue weighted by Gasteiger charge is 2.37. The van der Waals surface area contributed by atoms with Crippen molar-refractivity contribution >= 4 is 16.6 Å². The van der Waals surface area contributed by atoms with Crippen molar-refractivity contribution in [2.24, 2.45) is 0 Å². The van der Waals surface area contributed by atoms with E-state index in [2.05, 4.69) is 147 Å². The molecule has 0 N–H and O–H groups in total. The Morgan fingerprint density at radius 1 is 0.531 bits per heavy atom. The summed E-state index contributed by atoms with van der Waals surface area (Å²) in [6.45, 7) is 9.31. The monoisotopic (exact) mass is 630 g/mol. The van der Waals surface area contributed by atoms with Crippen LogP contribution < -0.4 is 0 Å². The Balaban J connectivity index is 1.22. The van der Waals surface area contributed by atoms with Crippen LogP contribution in [0.15, 0.2) is 134 Å². The van der Waals surface area contributed by atoms with Crippen molar-refractivity contribution < 1.29 is 0 Å². The van der Waals surface area contributed by atoms with Crippen LogP contribution in [0.4, 0.5) is 0 Å². The maximum Gasteiger partial charge on any atom is 0.164 e. The zero-order valence-corrected chi connectivity index (χ0v) is 28.0. The lowest BCUT2D eigenvalue weighted by atomic mass is 9.82. The summed E-state index contributed by atoms with van der Waals surface area (Å²) in [5, 5.41) is 1.10. The molecule has 2 aliphatic carbocycles. The van der Waals surface area contributed by atoms with Crippen LogP contribution >= 0.6 is 0 Å². The van der Waals surface area contributed by atoms with Gasteiger partial charge in [0, 0.05) is 45.3 Å². The summed E-state index contributed by atoms with van der Waals surface area (Å²) in [6.07, 6.45) is 6.00. The van der Waals surface area contributed by atoms with Gasteiger partial charge in [0.15, 0.2) is 5.65 Å². The number of hydrogen-bond donors (Lipinski definition) is 0. The van der Waals surface area contributed by atoms with Gasteiger partial charge >= 0.3 is 0 Å². The first-order valence-corrected chi connectivity index (χ1v) is 17.0. The van der Waals surface area contributed by atoms with Crippen LogP contribution in [-0.2, 0) is 10.8 Å². The van der Waals surface area contributed by atoms with Gasteiger partial charge in [0.25, 0.3) is 0 Å². The molecule has 0 radical (unpaired) electrons. The van der Waals surface area contributed by atoms with E-state index in [1.807, 2.05) is 18.5 Å². The van der Waals surface area contributed by atoms with Crippen LogP contribution in [0.5, 0.6) is 0 Å². The third kappa shape index (κ3) is 3.89. The zero-order chi connectivity index (χ0) is 33.1. The van der Waals surface area contributed by atoms with Gasteiger partial charge in [0.1, 0.15) is 5.69 Å². The molecule has 10 rings (SSSR count). The summed E-state index contributed by atoms with van der Waals surface area (Å²) >= 11 is 0. The van der Waals surface area contributed by atoms with E-state index >= 15 is 0 Å². The molecule has 0 unspecified atom stereocenters. The molecule has 0 bridgehead atoms. The summed E-state index contributed by atoms with van der Waals surface area (Å²) < 4.78 is 2.22. The van der Waals surface area contributed by atoms with E-state index in [1.54, 1.807) is 0 Å². The second-order valence-electron chi connectivity index (χ2n) is 14.6. The van der Waals surface area contributed by atoms with Crippen LogP contribution in [0.2, 0.25) is 0 Å². The van der Waals surface area contributed by atoms with Gasteiger partial charge in [-0.25, -0.2) is 9.97 Å². The number of hydrogen-bond acceptors (Lipinski definition) is 3. The molecule has 8 aromatic rings. The first kappa shape index (κ1) is 28.2. The molecular weight excluding hydrogens is 597 g/mol. The van der Waals surface area contributed by atoms with E-state index in [4.69, 9.17) is 15.0 Å². The Labute approximate surface area is 285 Å². The third-order valence-corrected chi connectivity index (χ3v) is 11.1. The number of benzene rings is 5. The van der Waals surface area contributed by atoms with Gasteiger partial charge < -0.3 is 0 Å². The van der Waals surface area contributed by atoms with E-state index in [0.29, 0.717) is 0 Å². The molecule has 0 amide bonds. The van der Waals surface area contributed by atoms with Gasteiger partial charge in [-0.1, -0.05) is 125 Å². The first-order chi connectivity index (χ1) is 23.8. The quantitative estimate of drug-likeness (QED) is 0.195. The van der Waals surface area contributed by atoms with Crippen LogP contribution in [0.1, 0.15) is 49.9 Å². The summed E-state index contributed by atoms with van der Waals surface area (Å²) in [6, 6.07) is 41.7. The number of aromatic nitrogens is 4. The minimum Gasteiger partial charge on any atom is -0.296 e. The van der Waals surface area contributed by atoms with Crippen LogP contribution in [-0.4, -0.2) is 19.4 Å². The number of imidazole rings is 1. The second-order valence-corrected chi connectivity index (χ2v) is 14.6. The minimum atomic E-state index is -0.119. The molecule has 4 heteroatoms. The highest BCUT2D eigenvalue weighted by atomic mass is 15.0. The SMILES string of the molecule is CC1(C)c2ccccc2-c2ccc(-c3cn4c(-c5cccc6cccnc56)cnc4c(-c4ccc5c(c4)C(C)(C)c4ccccc4-5)n3)cc21. The van der Waals surface area contributed by atoms with Gasteiger partial charge in [-0.2, -0.15) is 0 Å². The number of pyridine rings is 1. The predicted molar refractivity (Wildman–Crippen MR) is 200 cm³/mol. The molecule has 0 aliphatic heterocycles. The predicted octanol–water partition coefficient (Wildman–Crippen LogP) is 10.9. The van der Waals surface area contributed by atoms with Gasteiger partial charge in [0.05, 0.1) is 23.1 Å². The fourth-order valence-corrected chi connectivity index (χ4v) is 8.55. The fraction of sp³-hybridized carbons (Fsp3) is 0.133. The largest absolute Gasteiger partial charge is 0.296 e. The Morgan fingerprint density at radius 3 is 1.84 bits per heavy atom. The molecule has 0 fully saturated rings. The van der Waals surface area contributed by atoms with Gasteiger partial charge in [-0.05, 0) is 62.7 Å². The highest BCUT2D eigenvalue weighted by Crippen LogP contribution is 2.51. The Bertz CT molecular complexity index is 2670. The highest BCUT2D eigenvalue weighted by molar-refractivity contribution is 5.94. The Kier molecular flexibility index (Phi) is 5.65. The van der Waals surface area contributed by atoms with Crippen molar-refractivity contribution in [2.75, 3.05) is 0 Å². The van der Waals surface area contributed by atoms with Crippen molar-refractivity contribution in [1.82, 2.24) is 19.4 Å². The molecule has 5 aromatic carbocycles. The zero-order valence-electron chi connectivity index (χ0n) is 28.0. The maximum absolute atomic E-state index is 5.46. The van der Waals surface area contributed by atoms with Crippen molar-refractivity contribution in [2.45, 2.75) is 38.5 Å².